The Bertz CT molecular complexity index is 2560. The summed E-state index contributed by atoms with van der Waals surface area (Å²) in [4.78, 5) is 36.7. The van der Waals surface area contributed by atoms with Crippen LogP contribution in [0.3, 0.4) is 0 Å². The predicted octanol–water partition coefficient (Wildman–Crippen LogP) is 9.71. The van der Waals surface area contributed by atoms with Gasteiger partial charge in [-0.1, -0.05) is 91.5 Å². The number of ether oxygens (including phenoxy) is 6. The number of aryl methyl sites for hydroxylation is 1. The van der Waals surface area contributed by atoms with E-state index in [4.69, 9.17) is 28.4 Å². The SMILES string of the molecule is C=C(C)C(=O)OCC(O)COc1ccc(C(c2ccc(OC)cc2)C(c2ccc(OCC(O)COC(=O)C(=C)C)cc2)c2ccc(Oc3ccc(C(=O)c4ccc(C)cc4)cc3)cc2)cc1. The minimum atomic E-state index is -1.05. The number of aliphatic hydroxyl groups excluding tert-OH is 2. The number of rotatable bonds is 22. The average Bonchev–Trinajstić information content (AvgIpc) is 3.33. The molecule has 6 aromatic rings. The fourth-order valence-electron chi connectivity index (χ4n) is 7.01. The molecule has 0 saturated heterocycles. The Kier molecular flexibility index (Phi) is 16.7. The van der Waals surface area contributed by atoms with E-state index in [-0.39, 0.29) is 55.2 Å². The van der Waals surface area contributed by atoms with Gasteiger partial charge in [-0.25, -0.2) is 9.59 Å². The summed E-state index contributed by atoms with van der Waals surface area (Å²) in [7, 11) is 1.62. The van der Waals surface area contributed by atoms with E-state index in [9.17, 15) is 24.6 Å². The second-order valence-electron chi connectivity index (χ2n) is 15.9. The third kappa shape index (κ3) is 13.3. The number of benzene rings is 6. The summed E-state index contributed by atoms with van der Waals surface area (Å²) in [5.74, 6) is 1.13. The summed E-state index contributed by atoms with van der Waals surface area (Å²) < 4.78 is 33.7. The van der Waals surface area contributed by atoms with E-state index >= 15 is 0 Å². The van der Waals surface area contributed by atoms with Crippen molar-refractivity contribution in [3.05, 3.63) is 209 Å². The Morgan fingerprint density at radius 1 is 0.470 bits per heavy atom. The topological polar surface area (TPSA) is 147 Å². The minimum Gasteiger partial charge on any atom is -0.497 e. The van der Waals surface area contributed by atoms with Crippen LogP contribution in [-0.2, 0) is 19.1 Å². The van der Waals surface area contributed by atoms with Gasteiger partial charge in [0.1, 0.15) is 67.4 Å². The maximum atomic E-state index is 13.1. The van der Waals surface area contributed by atoms with E-state index < -0.39 is 24.1 Å². The van der Waals surface area contributed by atoms with Crippen molar-refractivity contribution in [3.8, 4) is 28.7 Å². The number of carbonyl (C=O) groups is 3. The highest BCUT2D eigenvalue weighted by atomic mass is 16.6. The van der Waals surface area contributed by atoms with Crippen LogP contribution in [0, 0.1) is 6.92 Å². The zero-order valence-electron chi connectivity index (χ0n) is 37.5. The van der Waals surface area contributed by atoms with Crippen LogP contribution in [0.1, 0.15) is 69.4 Å². The van der Waals surface area contributed by atoms with Crippen molar-refractivity contribution in [2.45, 2.75) is 44.8 Å². The van der Waals surface area contributed by atoms with Gasteiger partial charge in [0.25, 0.3) is 0 Å². The van der Waals surface area contributed by atoms with E-state index in [2.05, 4.69) is 13.2 Å². The molecule has 2 N–H and O–H groups in total. The van der Waals surface area contributed by atoms with Crippen LogP contribution in [0.4, 0.5) is 0 Å². The number of hydrogen-bond acceptors (Lipinski definition) is 11. The summed E-state index contributed by atoms with van der Waals surface area (Å²) in [6.45, 7) is 11.5. The maximum Gasteiger partial charge on any atom is 0.333 e. The van der Waals surface area contributed by atoms with Gasteiger partial charge in [-0.15, -0.1) is 0 Å². The van der Waals surface area contributed by atoms with Crippen molar-refractivity contribution in [3.63, 3.8) is 0 Å². The van der Waals surface area contributed by atoms with Crippen molar-refractivity contribution >= 4 is 17.7 Å². The molecule has 0 fully saturated rings. The number of methoxy groups -OCH3 is 1. The summed E-state index contributed by atoms with van der Waals surface area (Å²) in [6, 6.07) is 45.6. The van der Waals surface area contributed by atoms with Crippen LogP contribution < -0.4 is 18.9 Å². The molecule has 4 unspecified atom stereocenters. The first kappa shape index (κ1) is 48.0. The summed E-state index contributed by atoms with van der Waals surface area (Å²) in [5.41, 5.74) is 6.62. The van der Waals surface area contributed by atoms with Crippen LogP contribution in [-0.4, -0.2) is 73.7 Å². The molecule has 0 bridgehead atoms. The summed E-state index contributed by atoms with van der Waals surface area (Å²) in [6.07, 6.45) is -2.09. The number of hydrogen-bond donors (Lipinski definition) is 2. The van der Waals surface area contributed by atoms with Crippen LogP contribution in [0.5, 0.6) is 28.7 Å². The fourth-order valence-corrected chi connectivity index (χ4v) is 7.01. The normalized spacial score (nSPS) is 12.7. The molecule has 0 heterocycles. The number of carbonyl (C=O) groups excluding carboxylic acids is 3. The Hall–Kier alpha value is -7.47. The van der Waals surface area contributed by atoms with Crippen LogP contribution in [0.25, 0.3) is 0 Å². The first-order chi connectivity index (χ1) is 31.8. The third-order valence-electron chi connectivity index (χ3n) is 10.6. The lowest BCUT2D eigenvalue weighted by Crippen LogP contribution is -2.25. The van der Waals surface area contributed by atoms with Crippen molar-refractivity contribution in [1.82, 2.24) is 0 Å². The van der Waals surface area contributed by atoms with Gasteiger partial charge >= 0.3 is 11.9 Å². The predicted molar refractivity (Wildman–Crippen MR) is 252 cm³/mol. The van der Waals surface area contributed by atoms with Gasteiger partial charge in [0.2, 0.25) is 0 Å². The van der Waals surface area contributed by atoms with Gasteiger partial charge in [0.05, 0.1) is 7.11 Å². The van der Waals surface area contributed by atoms with Gasteiger partial charge in [-0.3, -0.25) is 4.79 Å². The highest BCUT2D eigenvalue weighted by Crippen LogP contribution is 2.44. The zero-order chi connectivity index (χ0) is 47.2. The number of ketones is 1. The second-order valence-corrected chi connectivity index (χ2v) is 15.9. The molecule has 0 radical (unpaired) electrons. The molecule has 0 aromatic heterocycles. The van der Waals surface area contributed by atoms with Crippen LogP contribution >= 0.6 is 0 Å². The average molecular weight is 891 g/mol. The van der Waals surface area contributed by atoms with Gasteiger partial charge in [-0.2, -0.15) is 0 Å². The van der Waals surface area contributed by atoms with Crippen molar-refractivity contribution in [2.75, 3.05) is 33.5 Å². The summed E-state index contributed by atoms with van der Waals surface area (Å²) in [5, 5.41) is 20.8. The highest BCUT2D eigenvalue weighted by molar-refractivity contribution is 6.09. The Morgan fingerprint density at radius 2 is 0.788 bits per heavy atom. The van der Waals surface area contributed by atoms with E-state index in [0.717, 1.165) is 27.8 Å². The maximum absolute atomic E-state index is 13.1. The largest absolute Gasteiger partial charge is 0.497 e. The Morgan fingerprint density at radius 3 is 1.14 bits per heavy atom. The molecule has 0 amide bonds. The van der Waals surface area contributed by atoms with E-state index in [1.807, 2.05) is 128 Å². The van der Waals surface area contributed by atoms with Crippen molar-refractivity contribution in [2.24, 2.45) is 0 Å². The molecule has 11 nitrogen and oxygen atoms in total. The summed E-state index contributed by atoms with van der Waals surface area (Å²) >= 11 is 0. The molecule has 11 heteroatoms. The molecule has 0 aliphatic heterocycles. The molecule has 0 spiro atoms. The van der Waals surface area contributed by atoms with E-state index in [1.165, 1.54) is 13.8 Å². The molecular formula is C55H54O11. The molecule has 340 valence electrons. The van der Waals surface area contributed by atoms with Crippen molar-refractivity contribution in [1.29, 1.82) is 0 Å². The third-order valence-corrected chi connectivity index (χ3v) is 10.6. The van der Waals surface area contributed by atoms with Gasteiger partial charge in [0, 0.05) is 34.1 Å². The molecule has 6 aromatic carbocycles. The van der Waals surface area contributed by atoms with Gasteiger partial charge in [-0.05, 0) is 116 Å². The molecule has 66 heavy (non-hydrogen) atoms. The lowest BCUT2D eigenvalue weighted by molar-refractivity contribution is -0.143. The van der Waals surface area contributed by atoms with Gasteiger partial charge < -0.3 is 38.6 Å². The molecular weight excluding hydrogens is 837 g/mol. The lowest BCUT2D eigenvalue weighted by atomic mass is 9.73. The van der Waals surface area contributed by atoms with Crippen molar-refractivity contribution < 1.29 is 53.0 Å². The number of aliphatic hydroxyl groups is 2. The smallest absolute Gasteiger partial charge is 0.333 e. The van der Waals surface area contributed by atoms with Gasteiger partial charge in [0.15, 0.2) is 5.78 Å². The number of esters is 2. The first-order valence-corrected chi connectivity index (χ1v) is 21.4. The van der Waals surface area contributed by atoms with Crippen LogP contribution in [0.2, 0.25) is 0 Å². The molecule has 4 atom stereocenters. The minimum absolute atomic E-state index is 0.0677. The standard InChI is InChI=1S/C55H54O11/c1-35(2)54(59)64-33-44(56)31-62-47-23-13-39(14-24-47)51(38-11-21-46(61-6)22-12-38)52(40-15-25-48(26-16-40)63-32-45(57)34-65-55(60)36(3)4)41-17-27-49(28-18-41)66-50-29-19-43(20-30-50)53(58)42-9-7-37(5)8-10-42/h7-30,44-45,51-52,56-57H,1,3,31-34H2,2,4-6H3. The zero-order valence-corrected chi connectivity index (χ0v) is 37.5. The first-order valence-electron chi connectivity index (χ1n) is 21.4. The Labute approximate surface area is 385 Å². The van der Waals surface area contributed by atoms with Crippen LogP contribution in [0.15, 0.2) is 170 Å². The molecule has 0 aliphatic carbocycles. The van der Waals surface area contributed by atoms with E-state index in [1.54, 1.807) is 31.4 Å². The quantitative estimate of drug-likeness (QED) is 0.0382. The highest BCUT2D eigenvalue weighted by Gasteiger charge is 2.29. The fraction of sp³-hybridized carbons (Fsp3) is 0.218. The molecule has 0 aliphatic rings. The lowest BCUT2D eigenvalue weighted by Gasteiger charge is -2.30. The molecule has 0 saturated carbocycles. The second kappa shape index (κ2) is 22.9. The Balaban J connectivity index is 1.28. The molecule has 6 rings (SSSR count). The monoisotopic (exact) mass is 890 g/mol. The van der Waals surface area contributed by atoms with E-state index in [0.29, 0.717) is 39.9 Å².